The lowest BCUT2D eigenvalue weighted by Crippen LogP contribution is -2.48. The number of benzene rings is 2. The third-order valence-electron chi connectivity index (χ3n) is 6.04. The molecule has 152 valence electrons. The van der Waals surface area contributed by atoms with Crippen LogP contribution in [0, 0.1) is 11.8 Å². The molecule has 1 aromatic heterocycles. The maximum absolute atomic E-state index is 13.2. The molecule has 0 N–H and O–H groups in total. The van der Waals surface area contributed by atoms with Crippen molar-refractivity contribution in [2.45, 2.75) is 9.49 Å². The van der Waals surface area contributed by atoms with Gasteiger partial charge in [0.05, 0.1) is 26.1 Å². The van der Waals surface area contributed by atoms with Crippen molar-refractivity contribution in [2.24, 2.45) is 11.8 Å². The van der Waals surface area contributed by atoms with Crippen LogP contribution in [0.2, 0.25) is 0 Å². The largest absolute Gasteiger partial charge is 0.469 e. The van der Waals surface area contributed by atoms with Gasteiger partial charge in [-0.2, -0.15) is 0 Å². The molecule has 2 aliphatic heterocycles. The highest BCUT2D eigenvalue weighted by atomic mass is 32.2. The first-order valence-electron chi connectivity index (χ1n) is 9.41. The van der Waals surface area contributed by atoms with Gasteiger partial charge in [-0.1, -0.05) is 71.0 Å². The summed E-state index contributed by atoms with van der Waals surface area (Å²) in [6.45, 7) is 0. The number of esters is 2. The third kappa shape index (κ3) is 2.17. The van der Waals surface area contributed by atoms with Crippen molar-refractivity contribution in [3.8, 4) is 0 Å². The average molecular weight is 422 g/mol. The highest BCUT2D eigenvalue weighted by Crippen LogP contribution is 2.76. The average Bonchev–Trinajstić information content (AvgIpc) is 3.48. The Morgan fingerprint density at radius 2 is 1.20 bits per heavy atom. The number of thioether (sulfide) groups is 1. The zero-order valence-corrected chi connectivity index (χ0v) is 17.1. The van der Waals surface area contributed by atoms with Gasteiger partial charge in [0, 0.05) is 0 Å². The molecule has 1 fully saturated rings. The molecule has 1 saturated heterocycles. The Kier molecular flexibility index (Phi) is 4.21. The van der Waals surface area contributed by atoms with Gasteiger partial charge < -0.3 is 9.47 Å². The van der Waals surface area contributed by atoms with Gasteiger partial charge in [0.15, 0.2) is 0 Å². The number of nitrogens with zero attached hydrogens (tertiary/aromatic N) is 2. The van der Waals surface area contributed by atoms with Crippen molar-refractivity contribution in [2.75, 3.05) is 14.2 Å². The Morgan fingerprint density at radius 1 is 0.800 bits per heavy atom. The van der Waals surface area contributed by atoms with Crippen LogP contribution in [0.4, 0.5) is 0 Å². The molecule has 0 saturated carbocycles. The van der Waals surface area contributed by atoms with E-state index in [4.69, 9.17) is 14.1 Å². The van der Waals surface area contributed by atoms with Crippen LogP contribution >= 0.6 is 11.8 Å². The summed E-state index contributed by atoms with van der Waals surface area (Å²) < 4.78 is 13.5. The third-order valence-corrected chi connectivity index (χ3v) is 8.05. The number of rotatable bonds is 4. The number of fused-ring (bicyclic) bond motifs is 5. The summed E-state index contributed by atoms with van der Waals surface area (Å²) in [6, 6.07) is 19.0. The van der Waals surface area contributed by atoms with E-state index >= 15 is 0 Å². The number of ether oxygens (including phenoxy) is 2. The molecule has 2 bridgehead atoms. The first-order chi connectivity index (χ1) is 14.6. The normalized spacial score (nSPS) is 28.7. The highest BCUT2D eigenvalue weighted by Gasteiger charge is 2.77. The van der Waals surface area contributed by atoms with Crippen molar-refractivity contribution in [3.05, 3.63) is 83.2 Å². The van der Waals surface area contributed by atoms with Crippen LogP contribution in [0.25, 0.3) is 0 Å². The number of hydrogen-bond acceptors (Lipinski definition) is 8. The van der Waals surface area contributed by atoms with Gasteiger partial charge in [-0.15, -0.1) is 11.8 Å². The quantitative estimate of drug-likeness (QED) is 0.593. The lowest BCUT2D eigenvalue weighted by atomic mass is 9.63. The van der Waals surface area contributed by atoms with Crippen molar-refractivity contribution in [1.82, 2.24) is 10.3 Å². The molecule has 2 aromatic carbocycles. The van der Waals surface area contributed by atoms with Gasteiger partial charge in [-0.05, 0) is 11.1 Å². The number of carbonyl (C=O) groups is 2. The second-order valence-electron chi connectivity index (χ2n) is 7.27. The first-order valence-corrected chi connectivity index (χ1v) is 10.2. The molecule has 0 amide bonds. The molecule has 3 aromatic rings. The van der Waals surface area contributed by atoms with Gasteiger partial charge in [0.2, 0.25) is 0 Å². The highest BCUT2D eigenvalue weighted by molar-refractivity contribution is 8.02. The maximum atomic E-state index is 13.2. The maximum Gasteiger partial charge on any atom is 0.311 e. The number of hydrogen-bond donors (Lipinski definition) is 0. The van der Waals surface area contributed by atoms with Crippen molar-refractivity contribution < 1.29 is 23.7 Å². The Balaban J connectivity index is 1.89. The zero-order chi connectivity index (χ0) is 20.9. The Morgan fingerprint density at radius 3 is 1.57 bits per heavy atom. The van der Waals surface area contributed by atoms with E-state index in [2.05, 4.69) is 10.3 Å². The summed E-state index contributed by atoms with van der Waals surface area (Å²) in [5.41, 5.74) is 2.73. The van der Waals surface area contributed by atoms with E-state index in [9.17, 15) is 9.59 Å². The Labute approximate surface area is 176 Å². The van der Waals surface area contributed by atoms with Crippen molar-refractivity contribution >= 4 is 23.7 Å². The van der Waals surface area contributed by atoms with Gasteiger partial charge in [0.1, 0.15) is 20.9 Å². The predicted octanol–water partition coefficient (Wildman–Crippen LogP) is 2.90. The van der Waals surface area contributed by atoms with Crippen LogP contribution in [0.1, 0.15) is 22.5 Å². The molecular weight excluding hydrogens is 404 g/mol. The van der Waals surface area contributed by atoms with Gasteiger partial charge >= 0.3 is 11.9 Å². The van der Waals surface area contributed by atoms with E-state index in [0.717, 1.165) is 11.1 Å². The van der Waals surface area contributed by atoms with Crippen LogP contribution in [-0.2, 0) is 28.6 Å². The molecule has 30 heavy (non-hydrogen) atoms. The molecular formula is C22H18N2O5S. The summed E-state index contributed by atoms with van der Waals surface area (Å²) in [6.07, 6.45) is 0. The summed E-state index contributed by atoms with van der Waals surface area (Å²) >= 11 is 1.48. The smallest absolute Gasteiger partial charge is 0.311 e. The number of methoxy groups -OCH3 is 2. The molecule has 8 heteroatoms. The van der Waals surface area contributed by atoms with Gasteiger partial charge in [-0.3, -0.25) is 9.59 Å². The van der Waals surface area contributed by atoms with E-state index in [-0.39, 0.29) is 0 Å². The van der Waals surface area contributed by atoms with Gasteiger partial charge in [-0.25, -0.2) is 4.63 Å². The molecule has 4 atom stereocenters. The predicted molar refractivity (Wildman–Crippen MR) is 107 cm³/mol. The standard InChI is InChI=1S/C22H18N2O5S/c1-27-19(25)15-16(20(26)28-2)22(14-11-7-4-8-12-14)18-17(23-29-24-18)21(15,30-22)13-9-5-3-6-10-13/h3-12,15-16H,1-2H3/t15-,16+,21-,22-/m1/s1. The van der Waals surface area contributed by atoms with E-state index in [1.54, 1.807) is 0 Å². The lowest BCUT2D eigenvalue weighted by Gasteiger charge is -2.36. The topological polar surface area (TPSA) is 91.5 Å². The van der Waals surface area contributed by atoms with Gasteiger partial charge in [0.25, 0.3) is 0 Å². The first kappa shape index (κ1) is 18.9. The molecule has 0 radical (unpaired) electrons. The fourth-order valence-corrected chi connectivity index (χ4v) is 7.09. The number of aromatic nitrogens is 2. The van der Waals surface area contributed by atoms with Crippen LogP contribution < -0.4 is 0 Å². The summed E-state index contributed by atoms with van der Waals surface area (Å²) in [4.78, 5) is 26.4. The number of carbonyl (C=O) groups excluding carboxylic acids is 2. The Hall–Kier alpha value is -3.13. The fourth-order valence-electron chi connectivity index (χ4n) is 4.90. The molecule has 7 nitrogen and oxygen atoms in total. The molecule has 5 rings (SSSR count). The molecule has 3 heterocycles. The molecule has 2 aliphatic rings. The van der Waals surface area contributed by atoms with Crippen molar-refractivity contribution in [1.29, 1.82) is 0 Å². The monoisotopic (exact) mass is 422 g/mol. The minimum atomic E-state index is -1.00. The molecule has 0 aliphatic carbocycles. The van der Waals surface area contributed by atoms with E-state index in [0.29, 0.717) is 11.4 Å². The minimum absolute atomic E-state index is 0.506. The summed E-state index contributed by atoms with van der Waals surface area (Å²) in [5.74, 6) is -2.76. The molecule has 0 spiro atoms. The SMILES string of the molecule is COC(=O)[C@@H]1[C@H](C(=O)OC)[C@@]2(c3ccccc3)S[C@@]1(c1ccccc1)c1nonc12. The fraction of sp³-hybridized carbons (Fsp3) is 0.273. The van der Waals surface area contributed by atoms with Crippen LogP contribution in [0.15, 0.2) is 65.3 Å². The second kappa shape index (κ2) is 6.70. The van der Waals surface area contributed by atoms with Crippen LogP contribution in [-0.4, -0.2) is 36.5 Å². The second-order valence-corrected chi connectivity index (χ2v) is 8.76. The van der Waals surface area contributed by atoms with Crippen LogP contribution in [0.5, 0.6) is 0 Å². The van der Waals surface area contributed by atoms with Crippen molar-refractivity contribution in [3.63, 3.8) is 0 Å². The lowest BCUT2D eigenvalue weighted by molar-refractivity contribution is -0.159. The minimum Gasteiger partial charge on any atom is -0.469 e. The van der Waals surface area contributed by atoms with Crippen LogP contribution in [0.3, 0.4) is 0 Å². The van der Waals surface area contributed by atoms with E-state index in [1.165, 1.54) is 26.0 Å². The Bertz CT molecular complexity index is 1030. The van der Waals surface area contributed by atoms with E-state index < -0.39 is 33.3 Å². The molecule has 0 unspecified atom stereocenters. The van der Waals surface area contributed by atoms with E-state index in [1.807, 2.05) is 60.7 Å². The summed E-state index contributed by atoms with van der Waals surface area (Å²) in [7, 11) is 2.65. The summed E-state index contributed by atoms with van der Waals surface area (Å²) in [5, 5.41) is 8.44. The zero-order valence-electron chi connectivity index (χ0n) is 16.3.